The number of ketones is 2. The zero-order valence-electron chi connectivity index (χ0n) is 42.4. The van der Waals surface area contributed by atoms with E-state index >= 15 is 0 Å². The van der Waals surface area contributed by atoms with E-state index in [1.807, 2.05) is 26.8 Å². The molecule has 1 aromatic carbocycles. The standard InChI is InChI=1S/C54H81N3O11/c1-11-21-56-23-20-39-30-40(17-19-42(39)56)55-41-18-16-37(29-46(41)64-8)27-34(5)49-36(7)44(58)31-45(59)38(12-2)25-32(3)24-33(4)26-47(65-9)50-48(66-10)28-35(6)54(63,68-50)51(60)52(61)57-22-14-13-15-43(57)53(62)67-49/h17,19-20,23,25,27,30,33,35-38,41,43-44,46-50,55,58,63H,11-16,18,21-22,24,26,28-29,31H2,1-10H3/b32-25+,34-27?. The Morgan fingerprint density at radius 3 is 2.34 bits per heavy atom. The quantitative estimate of drug-likeness (QED) is 0.119. The Morgan fingerprint density at radius 2 is 1.65 bits per heavy atom. The van der Waals surface area contributed by atoms with E-state index in [9.17, 15) is 29.4 Å². The van der Waals surface area contributed by atoms with Gasteiger partial charge in [0.15, 0.2) is 0 Å². The molecule has 3 aliphatic heterocycles. The Bertz CT molecular complexity index is 2120. The topological polar surface area (TPSA) is 175 Å². The molecular weight excluding hydrogens is 867 g/mol. The largest absolute Gasteiger partial charge is 0.456 e. The lowest BCUT2D eigenvalue weighted by atomic mass is 9.80. The fraction of sp³-hybridized carbons (Fsp3) is 0.704. The number of piperidine rings is 1. The lowest BCUT2D eigenvalue weighted by Crippen LogP contribution is -2.64. The molecule has 68 heavy (non-hydrogen) atoms. The zero-order chi connectivity index (χ0) is 49.4. The maximum Gasteiger partial charge on any atom is 0.329 e. The van der Waals surface area contributed by atoms with E-state index < -0.39 is 77.8 Å². The number of ether oxygens (including phenoxy) is 5. The summed E-state index contributed by atoms with van der Waals surface area (Å²) in [5.74, 6) is -7.38. The average molecular weight is 948 g/mol. The fourth-order valence-electron chi connectivity index (χ4n) is 11.5. The van der Waals surface area contributed by atoms with Gasteiger partial charge in [-0.05, 0) is 126 Å². The van der Waals surface area contributed by atoms with Crippen molar-refractivity contribution in [1.82, 2.24) is 9.47 Å². The summed E-state index contributed by atoms with van der Waals surface area (Å²) in [5, 5.41) is 29.0. The molecule has 2 aromatic rings. The number of nitrogens with one attached hydrogen (secondary N) is 1. The maximum absolute atomic E-state index is 14.6. The van der Waals surface area contributed by atoms with Crippen molar-refractivity contribution in [2.45, 2.75) is 187 Å². The molecule has 1 aromatic heterocycles. The van der Waals surface area contributed by atoms with Crippen LogP contribution in [0.4, 0.5) is 5.69 Å². The number of methoxy groups -OCH3 is 3. The predicted octanol–water partition coefficient (Wildman–Crippen LogP) is 7.96. The molecule has 1 aliphatic carbocycles. The monoisotopic (exact) mass is 948 g/mol. The summed E-state index contributed by atoms with van der Waals surface area (Å²) >= 11 is 0. The van der Waals surface area contributed by atoms with Crippen molar-refractivity contribution in [2.75, 3.05) is 33.2 Å². The number of aliphatic hydroxyl groups is 2. The number of carbonyl (C=O) groups excluding carboxylic acids is 4. The van der Waals surface area contributed by atoms with Gasteiger partial charge in [0.25, 0.3) is 11.7 Å². The minimum Gasteiger partial charge on any atom is -0.456 e. The number of aromatic nitrogens is 1. The molecule has 2 bridgehead atoms. The first-order valence-corrected chi connectivity index (χ1v) is 25.4. The first-order chi connectivity index (χ1) is 32.5. The van der Waals surface area contributed by atoms with Gasteiger partial charge >= 0.3 is 5.97 Å². The summed E-state index contributed by atoms with van der Waals surface area (Å²) in [5.41, 5.74) is 3.97. The van der Waals surface area contributed by atoms with Gasteiger partial charge in [0.05, 0.1) is 30.5 Å². The SMILES string of the molecule is CCCn1ccc2cc(NC3CCC(C=C(C)C4OC(=O)C5CCCCN5C(=O)C(=O)C5(O)OC(C(OC)CC(C)C/C(C)=C/C(CC)C(=O)CC(O)C4C)C(OC)CC5C)CC3OC)ccc21. The van der Waals surface area contributed by atoms with Gasteiger partial charge in [0, 0.05) is 81.4 Å². The van der Waals surface area contributed by atoms with Gasteiger partial charge in [0.1, 0.15) is 24.0 Å². The van der Waals surface area contributed by atoms with Crippen molar-refractivity contribution < 1.29 is 53.1 Å². The highest BCUT2D eigenvalue weighted by Gasteiger charge is 2.56. The van der Waals surface area contributed by atoms with E-state index in [2.05, 4.69) is 60.3 Å². The molecule has 2 saturated heterocycles. The number of rotatable bonds is 10. The first kappa shape index (κ1) is 53.4. The van der Waals surface area contributed by atoms with Gasteiger partial charge in [0.2, 0.25) is 5.79 Å². The van der Waals surface area contributed by atoms with E-state index in [4.69, 9.17) is 23.7 Å². The van der Waals surface area contributed by atoms with Crippen molar-refractivity contribution in [3.63, 3.8) is 0 Å². The number of allylic oxidation sites excluding steroid dienone is 3. The van der Waals surface area contributed by atoms with Crippen LogP contribution in [0.5, 0.6) is 0 Å². The molecule has 14 heteroatoms. The van der Waals surface area contributed by atoms with Crippen LogP contribution in [0.15, 0.2) is 53.8 Å². The van der Waals surface area contributed by atoms with Gasteiger partial charge in [-0.3, -0.25) is 14.4 Å². The summed E-state index contributed by atoms with van der Waals surface area (Å²) in [6.45, 7) is 14.6. The van der Waals surface area contributed by atoms with E-state index in [1.54, 1.807) is 35.2 Å². The number of benzene rings is 1. The molecule has 6 rings (SSSR count). The Hall–Kier alpha value is -3.92. The van der Waals surface area contributed by atoms with Gasteiger partial charge in [-0.1, -0.05) is 52.3 Å². The number of nitrogens with zero attached hydrogens (tertiary/aromatic N) is 2. The highest BCUT2D eigenvalue weighted by atomic mass is 16.7. The smallest absolute Gasteiger partial charge is 0.329 e. The van der Waals surface area contributed by atoms with E-state index in [-0.39, 0.29) is 55.6 Å². The van der Waals surface area contributed by atoms with Crippen LogP contribution in [0.3, 0.4) is 0 Å². The second-order valence-electron chi connectivity index (χ2n) is 20.6. The Kier molecular flexibility index (Phi) is 18.7. The minimum absolute atomic E-state index is 0.0341. The molecular formula is C54H81N3O11. The van der Waals surface area contributed by atoms with Gasteiger partial charge in [-0.25, -0.2) is 4.79 Å². The number of esters is 1. The molecule has 4 aliphatic rings. The fourth-order valence-corrected chi connectivity index (χ4v) is 11.5. The Morgan fingerprint density at radius 1 is 0.926 bits per heavy atom. The lowest BCUT2D eigenvalue weighted by molar-refractivity contribution is -0.302. The van der Waals surface area contributed by atoms with Crippen LogP contribution in [0.1, 0.15) is 126 Å². The second kappa shape index (κ2) is 23.8. The third-order valence-electron chi connectivity index (χ3n) is 15.5. The molecule has 378 valence electrons. The molecule has 1 saturated carbocycles. The van der Waals surface area contributed by atoms with Crippen LogP contribution in [0.2, 0.25) is 0 Å². The van der Waals surface area contributed by atoms with Gasteiger partial charge < -0.3 is 48.7 Å². The van der Waals surface area contributed by atoms with E-state index in [1.165, 1.54) is 15.8 Å². The van der Waals surface area contributed by atoms with Gasteiger partial charge in [-0.15, -0.1) is 0 Å². The van der Waals surface area contributed by atoms with Gasteiger partial charge in [-0.2, -0.15) is 0 Å². The Balaban J connectivity index is 1.29. The third-order valence-corrected chi connectivity index (χ3v) is 15.5. The molecule has 3 fully saturated rings. The predicted molar refractivity (Wildman–Crippen MR) is 262 cm³/mol. The normalized spacial score (nSPS) is 36.4. The summed E-state index contributed by atoms with van der Waals surface area (Å²) in [6.07, 6.45) is 8.50. The summed E-state index contributed by atoms with van der Waals surface area (Å²) in [6, 6.07) is 7.56. The van der Waals surface area contributed by atoms with Crippen molar-refractivity contribution in [3.05, 3.63) is 53.8 Å². The number of cyclic esters (lactones) is 1. The number of aliphatic hydroxyl groups excluding tert-OH is 1. The summed E-state index contributed by atoms with van der Waals surface area (Å²) in [7, 11) is 4.82. The Labute approximate surface area is 404 Å². The minimum atomic E-state index is -2.50. The first-order valence-electron chi connectivity index (χ1n) is 25.4. The third kappa shape index (κ3) is 12.1. The number of fused-ring (bicyclic) bond motifs is 4. The maximum atomic E-state index is 14.6. The molecule has 4 heterocycles. The van der Waals surface area contributed by atoms with Crippen LogP contribution >= 0.6 is 0 Å². The molecule has 14 nitrogen and oxygen atoms in total. The number of amides is 1. The number of hydrogen-bond donors (Lipinski definition) is 3. The summed E-state index contributed by atoms with van der Waals surface area (Å²) in [4.78, 5) is 58.6. The van der Waals surface area contributed by atoms with Crippen LogP contribution in [0, 0.1) is 29.6 Å². The highest BCUT2D eigenvalue weighted by Crippen LogP contribution is 2.40. The average Bonchev–Trinajstić information content (AvgIpc) is 3.73. The number of anilines is 1. The number of carbonyl (C=O) groups is 4. The summed E-state index contributed by atoms with van der Waals surface area (Å²) < 4.78 is 32.9. The van der Waals surface area contributed by atoms with Crippen molar-refractivity contribution >= 4 is 40.0 Å². The second-order valence-corrected chi connectivity index (χ2v) is 20.6. The van der Waals surface area contributed by atoms with E-state index in [0.29, 0.717) is 38.5 Å². The molecule has 0 radical (unpaired) electrons. The number of Topliss-reactive ketones (excluding diaryl/α,β-unsaturated/α-hetero) is 2. The lowest BCUT2D eigenvalue weighted by Gasteiger charge is -2.47. The number of hydrogen-bond acceptors (Lipinski definition) is 12. The molecule has 14 atom stereocenters. The number of aryl methyl sites for hydroxylation is 1. The van der Waals surface area contributed by atoms with E-state index in [0.717, 1.165) is 42.6 Å². The van der Waals surface area contributed by atoms with Crippen molar-refractivity contribution in [3.8, 4) is 0 Å². The van der Waals surface area contributed by atoms with Crippen LogP contribution < -0.4 is 5.32 Å². The van der Waals surface area contributed by atoms with Crippen molar-refractivity contribution in [1.29, 1.82) is 0 Å². The van der Waals surface area contributed by atoms with Crippen LogP contribution in [-0.4, -0.2) is 125 Å². The molecule has 0 spiro atoms. The molecule has 14 unspecified atom stereocenters. The molecule has 1 amide bonds. The van der Waals surface area contributed by atoms with Crippen LogP contribution in [-0.2, 0) is 49.4 Å². The molecule has 3 N–H and O–H groups in total. The highest BCUT2D eigenvalue weighted by molar-refractivity contribution is 6.39. The van der Waals surface area contributed by atoms with Crippen LogP contribution in [0.25, 0.3) is 10.9 Å². The van der Waals surface area contributed by atoms with Crippen molar-refractivity contribution in [2.24, 2.45) is 29.6 Å². The zero-order valence-corrected chi connectivity index (χ0v) is 42.4.